The molecule has 7 nitrogen and oxygen atoms in total. The molecule has 0 radical (unpaired) electrons. The maximum atomic E-state index is 13.2. The summed E-state index contributed by atoms with van der Waals surface area (Å²) in [7, 11) is 4.16. The average Bonchev–Trinajstić information content (AvgIpc) is 3.58. The maximum Gasteiger partial charge on any atom is 0.340 e. The lowest BCUT2D eigenvalue weighted by molar-refractivity contribution is -0.114. The third-order valence-electron chi connectivity index (χ3n) is 7.16. The number of nitrogens with one attached hydrogen (secondary N) is 2. The number of fused-ring (bicyclic) bond motifs is 2. The van der Waals surface area contributed by atoms with Crippen LogP contribution in [-0.2, 0) is 16.1 Å². The maximum absolute atomic E-state index is 13.2. The van der Waals surface area contributed by atoms with Gasteiger partial charge in [-0.05, 0) is 58.1 Å². The molecule has 0 saturated heterocycles. The molecule has 0 fully saturated rings. The molecule has 0 saturated carbocycles. The lowest BCUT2D eigenvalue weighted by Crippen LogP contribution is -2.17. The van der Waals surface area contributed by atoms with E-state index in [1.807, 2.05) is 44.3 Å². The van der Waals surface area contributed by atoms with Crippen LogP contribution >= 0.6 is 0 Å². The van der Waals surface area contributed by atoms with Gasteiger partial charge in [0.25, 0.3) is 5.91 Å². The Bertz CT molecular complexity index is 1510. The number of hydrogen-bond acceptors (Lipinski definition) is 4. The molecule has 0 spiro atoms. The van der Waals surface area contributed by atoms with Crippen LogP contribution in [0.3, 0.4) is 0 Å². The number of benzene rings is 2. The number of amides is 1. The van der Waals surface area contributed by atoms with Gasteiger partial charge in [0.15, 0.2) is 0 Å². The van der Waals surface area contributed by atoms with Crippen LogP contribution in [0.4, 0.5) is 0 Å². The summed E-state index contributed by atoms with van der Waals surface area (Å²) in [5.41, 5.74) is 5.83. The van der Waals surface area contributed by atoms with E-state index in [4.69, 9.17) is 4.74 Å². The Kier molecular flexibility index (Phi) is 6.89. The number of hydrogen-bond donors (Lipinski definition) is 2. The Balaban J connectivity index is 1.60. The van der Waals surface area contributed by atoms with Crippen molar-refractivity contribution in [2.75, 3.05) is 27.2 Å². The third-order valence-corrected chi connectivity index (χ3v) is 7.16. The largest absolute Gasteiger partial charge is 0.459 e. The van der Waals surface area contributed by atoms with Gasteiger partial charge in [-0.25, -0.2) is 4.79 Å². The second-order valence-electron chi connectivity index (χ2n) is 10.0. The van der Waals surface area contributed by atoms with Crippen LogP contribution in [0, 0.1) is 0 Å². The Morgan fingerprint density at radius 1 is 1.11 bits per heavy atom. The van der Waals surface area contributed by atoms with Crippen molar-refractivity contribution in [1.29, 1.82) is 0 Å². The summed E-state index contributed by atoms with van der Waals surface area (Å²) in [5.74, 6) is -0.420. The van der Waals surface area contributed by atoms with Gasteiger partial charge in [-0.3, -0.25) is 4.79 Å². The number of carbonyl (C=O) groups excluding carboxylic acids is 2. The van der Waals surface area contributed by atoms with Crippen LogP contribution in [0.5, 0.6) is 0 Å². The number of aryl methyl sites for hydroxylation is 1. The minimum Gasteiger partial charge on any atom is -0.459 e. The summed E-state index contributed by atoms with van der Waals surface area (Å²) in [6, 6.07) is 13.9. The first-order valence-corrected chi connectivity index (χ1v) is 12.9. The molecule has 2 aromatic carbocycles. The summed E-state index contributed by atoms with van der Waals surface area (Å²) in [6.45, 7) is 6.18. The third kappa shape index (κ3) is 4.67. The second-order valence-corrected chi connectivity index (χ2v) is 10.0. The molecule has 0 bridgehead atoms. The van der Waals surface area contributed by atoms with Gasteiger partial charge in [0.2, 0.25) is 0 Å². The number of nitrogens with zero attached hydrogens (tertiary/aromatic N) is 2. The number of aromatic amines is 1. The number of esters is 1. The van der Waals surface area contributed by atoms with Crippen molar-refractivity contribution in [2.45, 2.75) is 39.3 Å². The summed E-state index contributed by atoms with van der Waals surface area (Å²) in [6.07, 6.45) is 5.63. The van der Waals surface area contributed by atoms with Gasteiger partial charge < -0.3 is 24.5 Å². The van der Waals surface area contributed by atoms with Crippen LogP contribution in [0.2, 0.25) is 0 Å². The second kappa shape index (κ2) is 10.3. The minimum absolute atomic E-state index is 0.0760. The quantitative estimate of drug-likeness (QED) is 0.316. The molecule has 4 aromatic rings. The zero-order valence-corrected chi connectivity index (χ0v) is 21.9. The Morgan fingerprint density at radius 3 is 2.68 bits per heavy atom. The summed E-state index contributed by atoms with van der Waals surface area (Å²) >= 11 is 0. The highest BCUT2D eigenvalue weighted by molar-refractivity contribution is 6.33. The standard InChI is InChI=1S/C30H34N4O3/c1-5-19(2)37-30(36)22-12-8-11-21-23(16-31-28(21)22)24-17-32-29(35)27(24)25-18-34(15-9-14-33(3)4)26-13-7-6-10-20(25)26/h6-8,10-13,16,18-19,31H,5,9,14-15,17H2,1-4H3,(H,32,35). The number of aromatic nitrogens is 2. The van der Waals surface area contributed by atoms with E-state index in [1.165, 1.54) is 0 Å². The lowest BCUT2D eigenvalue weighted by Gasteiger charge is -2.11. The minimum atomic E-state index is -0.344. The molecular weight excluding hydrogens is 464 g/mol. The number of carbonyl (C=O) groups is 2. The highest BCUT2D eigenvalue weighted by Gasteiger charge is 2.29. The Morgan fingerprint density at radius 2 is 1.89 bits per heavy atom. The average molecular weight is 499 g/mol. The van der Waals surface area contributed by atoms with Gasteiger partial charge in [0.1, 0.15) is 0 Å². The van der Waals surface area contributed by atoms with Crippen molar-refractivity contribution in [3.63, 3.8) is 0 Å². The van der Waals surface area contributed by atoms with Crippen LogP contribution < -0.4 is 5.32 Å². The predicted octanol–water partition coefficient (Wildman–Crippen LogP) is 5.07. The van der Waals surface area contributed by atoms with Crippen molar-refractivity contribution >= 4 is 44.8 Å². The normalized spacial score (nSPS) is 14.7. The van der Waals surface area contributed by atoms with E-state index in [9.17, 15) is 9.59 Å². The monoisotopic (exact) mass is 498 g/mol. The molecule has 37 heavy (non-hydrogen) atoms. The van der Waals surface area contributed by atoms with Crippen LogP contribution in [0.25, 0.3) is 33.0 Å². The van der Waals surface area contributed by atoms with Crippen molar-refractivity contribution in [2.24, 2.45) is 0 Å². The highest BCUT2D eigenvalue weighted by Crippen LogP contribution is 2.38. The molecule has 5 rings (SSSR count). The molecule has 2 aromatic heterocycles. The van der Waals surface area contributed by atoms with Crippen molar-refractivity contribution in [3.05, 3.63) is 71.5 Å². The fourth-order valence-corrected chi connectivity index (χ4v) is 5.09. The van der Waals surface area contributed by atoms with E-state index in [1.54, 1.807) is 6.07 Å². The SMILES string of the molecule is CCC(C)OC(=O)c1cccc2c(C3=C(c4cn(CCCN(C)C)c5ccccc45)C(=O)NC3)c[nH]c12. The molecule has 1 amide bonds. The first-order valence-electron chi connectivity index (χ1n) is 12.9. The molecule has 3 heterocycles. The summed E-state index contributed by atoms with van der Waals surface area (Å²) in [5, 5.41) is 5.00. The molecule has 1 atom stereocenters. The van der Waals surface area contributed by atoms with Crippen molar-refractivity contribution in [3.8, 4) is 0 Å². The number of rotatable bonds is 9. The van der Waals surface area contributed by atoms with Gasteiger partial charge in [-0.15, -0.1) is 0 Å². The fraction of sp³-hybridized carbons (Fsp3) is 0.333. The smallest absolute Gasteiger partial charge is 0.340 e. The van der Waals surface area contributed by atoms with Gasteiger partial charge in [0, 0.05) is 52.9 Å². The van der Waals surface area contributed by atoms with Crippen LogP contribution in [0.1, 0.15) is 48.2 Å². The summed E-state index contributed by atoms with van der Waals surface area (Å²) < 4.78 is 7.84. The molecule has 7 heteroatoms. The Labute approximate surface area is 217 Å². The predicted molar refractivity (Wildman–Crippen MR) is 148 cm³/mol. The van der Waals surface area contributed by atoms with Crippen LogP contribution in [-0.4, -0.2) is 59.6 Å². The molecule has 0 aliphatic carbocycles. The van der Waals surface area contributed by atoms with Gasteiger partial charge >= 0.3 is 5.97 Å². The molecule has 192 valence electrons. The first kappa shape index (κ1) is 24.8. The fourth-order valence-electron chi connectivity index (χ4n) is 5.09. The number of ether oxygens (including phenoxy) is 1. The van der Waals surface area contributed by atoms with Crippen LogP contribution in [0.15, 0.2) is 54.9 Å². The topological polar surface area (TPSA) is 79.4 Å². The molecule has 1 aliphatic heterocycles. The molecule has 1 unspecified atom stereocenters. The van der Waals surface area contributed by atoms with E-state index in [0.29, 0.717) is 17.7 Å². The molecular formula is C30H34N4O3. The van der Waals surface area contributed by atoms with Gasteiger partial charge in [-0.2, -0.15) is 0 Å². The highest BCUT2D eigenvalue weighted by atomic mass is 16.5. The molecule has 1 aliphatic rings. The van der Waals surface area contributed by atoms with Gasteiger partial charge in [-0.1, -0.05) is 37.3 Å². The summed E-state index contributed by atoms with van der Waals surface area (Å²) in [4.78, 5) is 31.6. The van der Waals surface area contributed by atoms with Crippen molar-refractivity contribution < 1.29 is 14.3 Å². The zero-order valence-electron chi connectivity index (χ0n) is 21.9. The van der Waals surface area contributed by atoms with Gasteiger partial charge in [0.05, 0.1) is 22.8 Å². The molecule has 2 N–H and O–H groups in total. The lowest BCUT2D eigenvalue weighted by atomic mass is 9.95. The number of para-hydroxylation sites is 2. The van der Waals surface area contributed by atoms with E-state index in [-0.39, 0.29) is 18.0 Å². The number of H-pyrrole nitrogens is 1. The van der Waals surface area contributed by atoms with E-state index in [2.05, 4.69) is 52.2 Å². The van der Waals surface area contributed by atoms with E-state index >= 15 is 0 Å². The Hall–Kier alpha value is -3.84. The van der Waals surface area contributed by atoms with Crippen molar-refractivity contribution in [1.82, 2.24) is 19.8 Å². The van der Waals surface area contributed by atoms with E-state index < -0.39 is 0 Å². The zero-order chi connectivity index (χ0) is 26.1. The first-order chi connectivity index (χ1) is 17.9. The van der Waals surface area contributed by atoms with E-state index in [0.717, 1.165) is 64.4 Å².